The molecule has 7 rings (SSSR count). The van der Waals surface area contributed by atoms with E-state index in [4.69, 9.17) is 23.9 Å². The fraction of sp³-hybridized carbons (Fsp3) is 0.297. The Labute approximate surface area is 273 Å². The lowest BCUT2D eigenvalue weighted by atomic mass is 10.0. The zero-order valence-electron chi connectivity index (χ0n) is 26.9. The van der Waals surface area contributed by atoms with Gasteiger partial charge in [0.1, 0.15) is 11.5 Å². The van der Waals surface area contributed by atoms with E-state index in [0.717, 1.165) is 34.4 Å². The number of hydrogen-bond donors (Lipinski definition) is 0. The molecule has 2 amide bonds. The van der Waals surface area contributed by atoms with Gasteiger partial charge in [-0.15, -0.1) is 0 Å². The number of benzene rings is 3. The molecule has 0 bridgehead atoms. The number of aryl methyl sites for hydroxylation is 1. The van der Waals surface area contributed by atoms with Gasteiger partial charge in [0.2, 0.25) is 0 Å². The Kier molecular flexibility index (Phi) is 8.01. The van der Waals surface area contributed by atoms with E-state index in [0.29, 0.717) is 65.8 Å². The second-order valence-corrected chi connectivity index (χ2v) is 12.1. The quantitative estimate of drug-likeness (QED) is 0.244. The molecule has 4 aliphatic heterocycles. The first kappa shape index (κ1) is 30.3. The van der Waals surface area contributed by atoms with E-state index in [9.17, 15) is 9.59 Å². The van der Waals surface area contributed by atoms with Gasteiger partial charge in [0.05, 0.1) is 62.0 Å². The predicted molar refractivity (Wildman–Crippen MR) is 180 cm³/mol. The minimum absolute atomic E-state index is 0.0744. The molecule has 0 aromatic heterocycles. The van der Waals surface area contributed by atoms with E-state index in [1.54, 1.807) is 36.2 Å². The van der Waals surface area contributed by atoms with Gasteiger partial charge in [0.25, 0.3) is 11.8 Å². The van der Waals surface area contributed by atoms with Crippen LogP contribution in [0.1, 0.15) is 58.0 Å². The number of methoxy groups -OCH3 is 2. The van der Waals surface area contributed by atoms with Crippen LogP contribution in [0.2, 0.25) is 0 Å². The Bertz CT molecular complexity index is 1880. The highest BCUT2D eigenvalue weighted by molar-refractivity contribution is 6.05. The van der Waals surface area contributed by atoms with Crippen LogP contribution in [0.4, 0.5) is 11.4 Å². The maximum absolute atomic E-state index is 13.6. The third-order valence-electron chi connectivity index (χ3n) is 8.87. The SMILES string of the molecule is COc1ccc(C2=CN3C(=O)c4cc(C)c(OCCCOc5cc6c(cc5OC)C(=O)N5C=C(C)C[C@H]5C=N6)cc4N=C[C@@H]3C2)cc1. The van der Waals surface area contributed by atoms with Crippen molar-refractivity contribution in [2.75, 3.05) is 27.4 Å². The number of hydrogen-bond acceptors (Lipinski definition) is 8. The molecule has 0 N–H and O–H groups in total. The maximum atomic E-state index is 13.6. The van der Waals surface area contributed by atoms with Crippen molar-refractivity contribution in [1.82, 2.24) is 9.80 Å². The summed E-state index contributed by atoms with van der Waals surface area (Å²) in [4.78, 5) is 39.7. The number of carbonyl (C=O) groups excluding carboxylic acids is 2. The van der Waals surface area contributed by atoms with Crippen molar-refractivity contribution in [3.63, 3.8) is 0 Å². The van der Waals surface area contributed by atoms with Crippen LogP contribution in [0.5, 0.6) is 23.0 Å². The molecule has 0 aliphatic carbocycles. The van der Waals surface area contributed by atoms with Crippen LogP contribution in [0.25, 0.3) is 5.57 Å². The van der Waals surface area contributed by atoms with Crippen LogP contribution in [0, 0.1) is 6.92 Å². The lowest BCUT2D eigenvalue weighted by Gasteiger charge is -2.19. The van der Waals surface area contributed by atoms with Crippen LogP contribution >= 0.6 is 0 Å². The molecule has 2 atom stereocenters. The highest BCUT2D eigenvalue weighted by Crippen LogP contribution is 2.39. The van der Waals surface area contributed by atoms with E-state index in [-0.39, 0.29) is 23.9 Å². The third kappa shape index (κ3) is 5.75. The number of nitrogens with zero attached hydrogens (tertiary/aromatic N) is 4. The van der Waals surface area contributed by atoms with Crippen molar-refractivity contribution in [3.8, 4) is 23.0 Å². The fourth-order valence-corrected chi connectivity index (χ4v) is 6.36. The minimum Gasteiger partial charge on any atom is -0.497 e. The summed E-state index contributed by atoms with van der Waals surface area (Å²) in [6.45, 7) is 4.70. The molecule has 0 fully saturated rings. The van der Waals surface area contributed by atoms with Crippen molar-refractivity contribution < 1.29 is 28.5 Å². The van der Waals surface area contributed by atoms with Gasteiger partial charge in [-0.1, -0.05) is 17.7 Å². The molecule has 0 spiro atoms. The largest absolute Gasteiger partial charge is 0.497 e. The van der Waals surface area contributed by atoms with Crippen LogP contribution in [0.15, 0.2) is 76.5 Å². The summed E-state index contributed by atoms with van der Waals surface area (Å²) in [6.07, 6.45) is 9.54. The van der Waals surface area contributed by atoms with Crippen LogP contribution in [-0.2, 0) is 0 Å². The lowest BCUT2D eigenvalue weighted by molar-refractivity contribution is 0.0809. The van der Waals surface area contributed by atoms with Crippen molar-refractivity contribution in [1.29, 1.82) is 0 Å². The van der Waals surface area contributed by atoms with Crippen molar-refractivity contribution in [2.24, 2.45) is 9.98 Å². The number of ether oxygens (including phenoxy) is 4. The summed E-state index contributed by atoms with van der Waals surface area (Å²) >= 11 is 0. The van der Waals surface area contributed by atoms with Crippen molar-refractivity contribution in [2.45, 2.75) is 45.2 Å². The third-order valence-corrected chi connectivity index (χ3v) is 8.87. The number of rotatable bonds is 9. The minimum atomic E-state index is -0.152. The Morgan fingerprint density at radius 3 is 2.02 bits per heavy atom. The molecule has 0 saturated carbocycles. The molecule has 47 heavy (non-hydrogen) atoms. The smallest absolute Gasteiger partial charge is 0.260 e. The molecule has 0 unspecified atom stereocenters. The maximum Gasteiger partial charge on any atom is 0.260 e. The number of fused-ring (bicyclic) bond motifs is 4. The van der Waals surface area contributed by atoms with Gasteiger partial charge in [-0.05, 0) is 61.2 Å². The van der Waals surface area contributed by atoms with Gasteiger partial charge in [-0.2, -0.15) is 0 Å². The average Bonchev–Trinajstić information content (AvgIpc) is 3.63. The zero-order chi connectivity index (χ0) is 32.7. The molecular formula is C37H36N4O6. The molecule has 240 valence electrons. The first-order valence-corrected chi connectivity index (χ1v) is 15.7. The molecule has 0 saturated heterocycles. The second-order valence-electron chi connectivity index (χ2n) is 12.1. The molecule has 3 aromatic carbocycles. The Hall–Kier alpha value is -5.38. The Morgan fingerprint density at radius 2 is 1.34 bits per heavy atom. The Balaban J connectivity index is 0.985. The average molecular weight is 633 g/mol. The summed E-state index contributed by atoms with van der Waals surface area (Å²) in [7, 11) is 3.20. The van der Waals surface area contributed by atoms with Crippen LogP contribution in [0.3, 0.4) is 0 Å². The number of aliphatic imine (C=N–C) groups is 2. The molecular weight excluding hydrogens is 596 g/mol. The molecule has 3 aromatic rings. The first-order chi connectivity index (χ1) is 22.8. The van der Waals surface area contributed by atoms with Gasteiger partial charge in [0.15, 0.2) is 11.5 Å². The van der Waals surface area contributed by atoms with E-state index in [1.165, 1.54) is 0 Å². The van der Waals surface area contributed by atoms with Gasteiger partial charge >= 0.3 is 0 Å². The normalized spacial score (nSPS) is 19.2. The fourth-order valence-electron chi connectivity index (χ4n) is 6.36. The van der Waals surface area contributed by atoms with E-state index >= 15 is 0 Å². The van der Waals surface area contributed by atoms with Gasteiger partial charge in [0, 0.05) is 49.8 Å². The van der Waals surface area contributed by atoms with E-state index < -0.39 is 0 Å². The highest BCUT2D eigenvalue weighted by Gasteiger charge is 2.34. The molecule has 0 radical (unpaired) electrons. The van der Waals surface area contributed by atoms with Crippen molar-refractivity contribution in [3.05, 3.63) is 88.8 Å². The van der Waals surface area contributed by atoms with Crippen LogP contribution in [-0.4, -0.2) is 73.6 Å². The van der Waals surface area contributed by atoms with Crippen molar-refractivity contribution >= 4 is 41.2 Å². The summed E-state index contributed by atoms with van der Waals surface area (Å²) in [6, 6.07) is 14.8. The molecule has 10 nitrogen and oxygen atoms in total. The topological polar surface area (TPSA) is 102 Å². The monoisotopic (exact) mass is 632 g/mol. The molecule has 10 heteroatoms. The summed E-state index contributed by atoms with van der Waals surface area (Å²) in [5.74, 6) is 2.27. The summed E-state index contributed by atoms with van der Waals surface area (Å²) < 4.78 is 23.0. The van der Waals surface area contributed by atoms with Gasteiger partial charge < -0.3 is 28.7 Å². The number of amides is 2. The second kappa shape index (κ2) is 12.4. The first-order valence-electron chi connectivity index (χ1n) is 15.7. The number of carbonyl (C=O) groups is 2. The summed E-state index contributed by atoms with van der Waals surface area (Å²) in [5, 5.41) is 0. The van der Waals surface area contributed by atoms with Crippen LogP contribution < -0.4 is 18.9 Å². The van der Waals surface area contributed by atoms with Gasteiger partial charge in [-0.3, -0.25) is 19.6 Å². The standard InChI is InChI=1S/C37H36N4O6/c1-22-12-26-18-38-32-17-35(34(45-4)15-30(32)37(43)40(26)20-22)47-11-5-10-46-33-16-31-29(13-23(33)2)36(42)41-21-25(14-27(41)19-39-31)24-6-8-28(44-3)9-7-24/h6-9,13,15-21,26-27H,5,10-12,14H2,1-4H3/t26-,27-/m0/s1. The van der Waals surface area contributed by atoms with E-state index in [2.05, 4.69) is 4.99 Å². The lowest BCUT2D eigenvalue weighted by Crippen LogP contribution is -2.32. The molecule has 4 heterocycles. The predicted octanol–water partition coefficient (Wildman–Crippen LogP) is 6.67. The van der Waals surface area contributed by atoms with E-state index in [1.807, 2.05) is 75.1 Å². The molecule has 4 aliphatic rings. The summed E-state index contributed by atoms with van der Waals surface area (Å²) in [5.41, 5.74) is 6.32. The highest BCUT2D eigenvalue weighted by atomic mass is 16.5. The zero-order valence-corrected chi connectivity index (χ0v) is 26.9. The van der Waals surface area contributed by atoms with Gasteiger partial charge in [-0.25, -0.2) is 0 Å². The Morgan fingerprint density at radius 1 is 0.723 bits per heavy atom.